The first-order chi connectivity index (χ1) is 16.4. The highest BCUT2D eigenvalue weighted by Gasteiger charge is 2.00. The van der Waals surface area contributed by atoms with Gasteiger partial charge in [0.25, 0.3) is 0 Å². The molecule has 0 rings (SSSR count). The maximum Gasteiger partial charge on any atom is 0.0855 e. The molecule has 0 aromatic heterocycles. The summed E-state index contributed by atoms with van der Waals surface area (Å²) in [4.78, 5) is 4.66. The van der Waals surface area contributed by atoms with Crippen molar-refractivity contribution in [1.29, 1.82) is 0 Å². The second-order valence-corrected chi connectivity index (χ2v) is 6.43. The highest BCUT2D eigenvalue weighted by molar-refractivity contribution is 4.49. The summed E-state index contributed by atoms with van der Waals surface area (Å²) >= 11 is 0. The number of hydrogen-bond donors (Lipinski definition) is 0. The second kappa shape index (κ2) is 31.3. The molecule has 0 heterocycles. The van der Waals surface area contributed by atoms with E-state index < -0.39 is 0 Å². The van der Waals surface area contributed by atoms with E-state index in [1.807, 2.05) is 0 Å². The maximum absolute atomic E-state index is 10.8. The van der Waals surface area contributed by atoms with Crippen LogP contribution in [-0.4, -0.2) is 6.61 Å². The van der Waals surface area contributed by atoms with Crippen molar-refractivity contribution in [2.45, 2.75) is 96.8 Å². The molecule has 0 aliphatic carbocycles. The molecule has 0 amide bonds. The van der Waals surface area contributed by atoms with Crippen LogP contribution >= 0.6 is 0 Å². The highest BCUT2D eigenvalue weighted by atomic mass is 19.3. The minimum absolute atomic E-state index is 0.302. The van der Waals surface area contributed by atoms with Gasteiger partial charge in [0.15, 0.2) is 0 Å². The summed E-state index contributed by atoms with van der Waals surface area (Å²) in [6.45, 7) is 2.54. The van der Waals surface area contributed by atoms with Crippen LogP contribution in [0.3, 0.4) is 0 Å². The van der Waals surface area contributed by atoms with Crippen molar-refractivity contribution in [3.05, 3.63) is 0 Å². The molecule has 0 unspecified atom stereocenters. The Balaban J connectivity index is 2.99. The smallest absolute Gasteiger partial charge is 0.0855 e. The van der Waals surface area contributed by atoms with Gasteiger partial charge in [0.1, 0.15) is 0 Å². The molecule has 0 aromatic carbocycles. The largest absolute Gasteiger partial charge is 0.204 e. The van der Waals surface area contributed by atoms with Crippen molar-refractivity contribution >= 4 is 0 Å². The molecular weight excluding hydrogens is 467 g/mol. The Morgan fingerprint density at radius 2 is 0.667 bits per heavy atom. The molecule has 0 aromatic rings. The summed E-state index contributed by atoms with van der Waals surface area (Å²) in [6.07, 6.45) is 17.6. The predicted molar refractivity (Wildman–Crippen MR) is 93.6 cm³/mol. The van der Waals surface area contributed by atoms with Crippen LogP contribution in [0.25, 0.3) is 0 Å². The quantitative estimate of drug-likeness (QED) is 0.0708. The van der Waals surface area contributed by atoms with Gasteiger partial charge >= 0.3 is 0 Å². The third kappa shape index (κ3) is 31.3. The molecule has 0 spiro atoms. The van der Waals surface area contributed by atoms with Crippen LogP contribution in [0.4, 0.5) is 4.53 Å². The predicted octanol–water partition coefficient (Wildman–Crippen LogP) is 5.34. The van der Waals surface area contributed by atoms with Crippen LogP contribution in [0.5, 0.6) is 0 Å². The fourth-order valence-electron chi connectivity index (χ4n) is 2.56. The van der Waals surface area contributed by atoms with Gasteiger partial charge in [-0.3, -0.25) is 0 Å². The van der Waals surface area contributed by atoms with Gasteiger partial charge in [0, 0.05) is 40.4 Å². The fourth-order valence-corrected chi connectivity index (χ4v) is 2.56. The molecule has 0 saturated carbocycles. The molecule has 0 radical (unpaired) electrons. The highest BCUT2D eigenvalue weighted by Crippen LogP contribution is 2.13. The summed E-state index contributed by atoms with van der Waals surface area (Å²) in [5.41, 5.74) is 0. The van der Waals surface area contributed by atoms with E-state index in [0.29, 0.717) is 6.61 Å². The van der Waals surface area contributed by atoms with Crippen molar-refractivity contribution in [1.82, 2.24) is 0 Å². The van der Waals surface area contributed by atoms with Crippen molar-refractivity contribution in [3.8, 4) is 0 Å². The first kappa shape index (κ1) is 32.3. The first-order valence-corrected chi connectivity index (χ1v) is 10.7. The van der Waals surface area contributed by atoms with Gasteiger partial charge in [-0.25, -0.2) is 4.89 Å². The third-order valence-electron chi connectivity index (χ3n) is 4.02. The van der Waals surface area contributed by atoms with Crippen LogP contribution in [-0.2, 0) is 80.5 Å². The van der Waals surface area contributed by atoms with Gasteiger partial charge < -0.3 is 0 Å². The summed E-state index contributed by atoms with van der Waals surface area (Å²) in [7, 11) is 0. The third-order valence-corrected chi connectivity index (χ3v) is 4.02. The molecule has 0 aliphatic rings. The van der Waals surface area contributed by atoms with Crippen LogP contribution in [0.15, 0.2) is 0 Å². The fraction of sp³-hybridized carbons (Fsp3) is 1.00. The molecule has 0 bridgehead atoms. The Labute approximate surface area is 189 Å². The molecule has 33 heavy (non-hydrogen) atoms. The van der Waals surface area contributed by atoms with E-state index in [2.05, 4.69) is 87.4 Å². The zero-order valence-corrected chi connectivity index (χ0v) is 18.5. The van der Waals surface area contributed by atoms with E-state index in [1.54, 1.807) is 0 Å². The summed E-state index contributed by atoms with van der Waals surface area (Å²) in [5, 5.41) is 52.9. The van der Waals surface area contributed by atoms with Gasteiger partial charge in [-0.05, 0) is 46.2 Å². The Kier molecular flexibility index (Phi) is 30.6. The number of hydrogen-bond acceptors (Lipinski definition) is 16. The minimum atomic E-state index is 0.302. The van der Waals surface area contributed by atoms with Crippen molar-refractivity contribution < 1.29 is 85.0 Å². The Bertz CT molecular complexity index is 316. The minimum Gasteiger partial charge on any atom is -0.204 e. The maximum atomic E-state index is 10.8. The zero-order chi connectivity index (χ0) is 23.9. The molecular formula is C16H33FO16. The first-order valence-electron chi connectivity index (χ1n) is 10.7. The average Bonchev–Trinajstić information content (AvgIpc) is 2.83. The Morgan fingerprint density at radius 3 is 1.03 bits per heavy atom. The molecule has 0 atom stereocenters. The van der Waals surface area contributed by atoms with Crippen LogP contribution in [0, 0.1) is 0 Å². The molecule has 0 aliphatic heterocycles. The molecule has 0 saturated heterocycles. The summed E-state index contributed by atoms with van der Waals surface area (Å²) < 4.78 is 10.8. The van der Waals surface area contributed by atoms with Gasteiger partial charge in [-0.15, -0.1) is 0 Å². The monoisotopic (exact) mass is 500 g/mol. The lowest BCUT2D eigenvalue weighted by Crippen LogP contribution is -2.05. The van der Waals surface area contributed by atoms with Crippen molar-refractivity contribution in [2.24, 2.45) is 0 Å². The van der Waals surface area contributed by atoms with E-state index >= 15 is 0 Å². The summed E-state index contributed by atoms with van der Waals surface area (Å²) in [5.74, 6) is 0. The number of rotatable bonds is 30. The van der Waals surface area contributed by atoms with Crippen LogP contribution < -0.4 is 0 Å². The lowest BCUT2D eigenvalue weighted by Gasteiger charge is -2.03. The summed E-state index contributed by atoms with van der Waals surface area (Å²) in [6, 6.07) is 0. The topological polar surface area (TPSA) is 148 Å². The number of unbranched alkanes of at least 4 members (excludes halogenated alkanes) is 13. The molecule has 16 nitrogen and oxygen atoms in total. The Morgan fingerprint density at radius 1 is 0.364 bits per heavy atom. The van der Waals surface area contributed by atoms with Crippen LogP contribution in [0.2, 0.25) is 0 Å². The second-order valence-electron chi connectivity index (χ2n) is 6.43. The lowest BCUT2D eigenvalue weighted by molar-refractivity contribution is -0.885. The Hall–Kier alpha value is -0.710. The van der Waals surface area contributed by atoms with Crippen molar-refractivity contribution in [3.63, 3.8) is 0 Å². The molecule has 200 valence electrons. The van der Waals surface area contributed by atoms with E-state index in [9.17, 15) is 4.53 Å². The van der Waals surface area contributed by atoms with Gasteiger partial charge in [0.2, 0.25) is 0 Å². The van der Waals surface area contributed by atoms with Crippen LogP contribution in [0.1, 0.15) is 96.8 Å². The molecule has 0 N–H and O–H groups in total. The average molecular weight is 500 g/mol. The van der Waals surface area contributed by atoms with Gasteiger partial charge in [-0.1, -0.05) is 90.4 Å². The van der Waals surface area contributed by atoms with Gasteiger partial charge in [-0.2, -0.15) is 0 Å². The van der Waals surface area contributed by atoms with E-state index in [0.717, 1.165) is 19.3 Å². The van der Waals surface area contributed by atoms with Crippen molar-refractivity contribution in [2.75, 3.05) is 6.61 Å². The zero-order valence-electron chi connectivity index (χ0n) is 18.5. The molecule has 0 fully saturated rings. The van der Waals surface area contributed by atoms with E-state index in [1.165, 1.54) is 70.6 Å². The van der Waals surface area contributed by atoms with E-state index in [-0.39, 0.29) is 0 Å². The number of halogens is 1. The lowest BCUT2D eigenvalue weighted by atomic mass is 10.0. The molecule has 17 heteroatoms. The SMILES string of the molecule is CCCCCCCCCCCCCCCCOOOOOOOOOOOOOOOOF. The van der Waals surface area contributed by atoms with Gasteiger partial charge in [0.05, 0.1) is 6.61 Å². The van der Waals surface area contributed by atoms with E-state index in [4.69, 9.17) is 0 Å². The normalized spacial score (nSPS) is 11.5. The standard InChI is InChI=1S/C16H33FO16/c1-2-3-4-5-6-7-8-9-10-11-12-13-14-15-16-18-20-22-24-26-28-30-32-33-31-29-27-25-23-21-19-17/h2-16H2,1H3.